The summed E-state index contributed by atoms with van der Waals surface area (Å²) in [6, 6.07) is 1.91. The smallest absolute Gasteiger partial charge is 0.417 e. The number of carbonyl (C=O) groups is 1. The summed E-state index contributed by atoms with van der Waals surface area (Å²) in [5.41, 5.74) is 1.24. The number of nitrogens with zero attached hydrogens (tertiary/aromatic N) is 5. The maximum Gasteiger partial charge on any atom is 0.417 e. The maximum atomic E-state index is 16.7. The van der Waals surface area contributed by atoms with Gasteiger partial charge in [-0.25, -0.2) is 22.5 Å². The monoisotopic (exact) mass is 696 g/mol. The van der Waals surface area contributed by atoms with Crippen LogP contribution in [0, 0.1) is 11.6 Å². The third-order valence-corrected chi connectivity index (χ3v) is 10.0. The number of amides is 1. The lowest BCUT2D eigenvalue weighted by atomic mass is 9.95. The number of hydrogen-bond donors (Lipinski definition) is 1. The first-order valence-corrected chi connectivity index (χ1v) is 15.8. The molecule has 0 radical (unpaired) electrons. The maximum absolute atomic E-state index is 16.7. The standard InChI is InChI=1S/C31H27F7N6O3S/c1-2-21(45)43-11-19(34)20(12-43)47-27-16-8-17(31(36,37)38)22(15-4-5-18(33)26-25(15)40-28(39)48-26)23(35)24(16)41-29(42-27)46-13-30-6-3-7-44(30)10-14(32)9-30/h2,4-5,8,14,19-20H,1,3,6-7,9-13H2,(H2,39,40)/t14-,19-,20+,30+/m1/s1. The lowest BCUT2D eigenvalue weighted by molar-refractivity contribution is -0.137. The summed E-state index contributed by atoms with van der Waals surface area (Å²) in [6.45, 7) is 3.44. The van der Waals surface area contributed by atoms with Crippen molar-refractivity contribution in [2.75, 3.05) is 38.5 Å². The van der Waals surface area contributed by atoms with E-state index in [0.29, 0.717) is 30.4 Å². The van der Waals surface area contributed by atoms with Gasteiger partial charge >= 0.3 is 12.2 Å². The van der Waals surface area contributed by atoms with Gasteiger partial charge in [-0.05, 0) is 43.7 Å². The van der Waals surface area contributed by atoms with Gasteiger partial charge in [0.05, 0.1) is 39.8 Å². The second-order valence-corrected chi connectivity index (χ2v) is 13.2. The van der Waals surface area contributed by atoms with Crippen molar-refractivity contribution in [1.29, 1.82) is 0 Å². The fourth-order valence-corrected chi connectivity index (χ4v) is 7.72. The number of rotatable bonds is 7. The van der Waals surface area contributed by atoms with E-state index in [-0.39, 0.29) is 48.0 Å². The van der Waals surface area contributed by atoms with Gasteiger partial charge in [0.2, 0.25) is 11.8 Å². The predicted molar refractivity (Wildman–Crippen MR) is 162 cm³/mol. The number of alkyl halides is 5. The lowest BCUT2D eigenvalue weighted by Gasteiger charge is -2.30. The van der Waals surface area contributed by atoms with E-state index in [1.165, 1.54) is 0 Å². The highest BCUT2D eigenvalue weighted by Gasteiger charge is 2.49. The highest BCUT2D eigenvalue weighted by Crippen LogP contribution is 2.46. The number of halogens is 7. The van der Waals surface area contributed by atoms with E-state index in [1.54, 1.807) is 0 Å². The van der Waals surface area contributed by atoms with E-state index in [4.69, 9.17) is 15.2 Å². The summed E-state index contributed by atoms with van der Waals surface area (Å²) in [5, 5.41) is -0.706. The van der Waals surface area contributed by atoms with E-state index >= 15 is 8.78 Å². The van der Waals surface area contributed by atoms with E-state index in [9.17, 15) is 26.7 Å². The molecule has 254 valence electrons. The molecule has 1 amide bonds. The molecule has 2 aromatic carbocycles. The summed E-state index contributed by atoms with van der Waals surface area (Å²) < 4.78 is 116. The van der Waals surface area contributed by atoms with Gasteiger partial charge in [-0.15, -0.1) is 0 Å². The van der Waals surface area contributed by atoms with Crippen molar-refractivity contribution in [3.63, 3.8) is 0 Å². The van der Waals surface area contributed by atoms with Crippen molar-refractivity contribution >= 4 is 43.5 Å². The van der Waals surface area contributed by atoms with Crippen molar-refractivity contribution in [1.82, 2.24) is 24.8 Å². The number of ether oxygens (including phenoxy) is 2. The largest absolute Gasteiger partial charge is 0.469 e. The van der Waals surface area contributed by atoms with Gasteiger partial charge in [0.25, 0.3) is 0 Å². The number of hydrogen-bond acceptors (Lipinski definition) is 9. The van der Waals surface area contributed by atoms with Crippen LogP contribution in [-0.4, -0.2) is 87.4 Å². The van der Waals surface area contributed by atoms with Crippen molar-refractivity contribution in [2.24, 2.45) is 0 Å². The van der Waals surface area contributed by atoms with Crippen molar-refractivity contribution < 1.29 is 45.0 Å². The SMILES string of the molecule is C=CC(=O)N1C[C@@H](F)[C@@H](Oc2nc(OC[C@@]34CCCN3C[C@H](F)C4)nc3c(F)c(-c4ccc(F)c5sc(N)nc45)c(C(F)(F)F)cc23)C1. The van der Waals surface area contributed by atoms with Gasteiger partial charge in [0.1, 0.15) is 24.1 Å². The minimum absolute atomic E-state index is 0.110. The van der Waals surface area contributed by atoms with Crippen LogP contribution in [0.15, 0.2) is 30.9 Å². The average Bonchev–Trinajstić information content (AvgIpc) is 3.78. The van der Waals surface area contributed by atoms with Crippen LogP contribution >= 0.6 is 11.3 Å². The molecule has 3 aliphatic rings. The molecule has 0 unspecified atom stereocenters. The number of nitrogens with two attached hydrogens (primary N) is 1. The van der Waals surface area contributed by atoms with Crippen molar-refractivity contribution in [3.05, 3.63) is 48.1 Å². The van der Waals surface area contributed by atoms with Crippen LogP contribution < -0.4 is 15.2 Å². The minimum atomic E-state index is -5.17. The Morgan fingerprint density at radius 2 is 1.94 bits per heavy atom. The minimum Gasteiger partial charge on any atom is -0.469 e. The van der Waals surface area contributed by atoms with Crippen molar-refractivity contribution in [3.8, 4) is 23.0 Å². The van der Waals surface area contributed by atoms with E-state index in [2.05, 4.69) is 21.5 Å². The molecule has 2 N–H and O–H groups in total. The molecule has 7 rings (SSSR count). The van der Waals surface area contributed by atoms with Crippen LogP contribution in [-0.2, 0) is 11.0 Å². The number of carbonyl (C=O) groups excluding carboxylic acids is 1. The molecule has 3 fully saturated rings. The first-order chi connectivity index (χ1) is 22.8. The van der Waals surface area contributed by atoms with E-state index in [1.807, 2.05) is 4.90 Å². The van der Waals surface area contributed by atoms with Gasteiger partial charge in [-0.1, -0.05) is 17.9 Å². The molecule has 0 bridgehead atoms. The third kappa shape index (κ3) is 5.45. The van der Waals surface area contributed by atoms with E-state index in [0.717, 1.165) is 29.5 Å². The highest BCUT2D eigenvalue weighted by atomic mass is 32.1. The van der Waals surface area contributed by atoms with Crippen LogP contribution in [0.1, 0.15) is 24.8 Å². The predicted octanol–water partition coefficient (Wildman–Crippen LogP) is 5.85. The van der Waals surface area contributed by atoms with Gasteiger partial charge in [0.15, 0.2) is 23.2 Å². The van der Waals surface area contributed by atoms with E-state index < -0.39 is 87.2 Å². The van der Waals surface area contributed by atoms with Crippen LogP contribution in [0.25, 0.3) is 32.2 Å². The van der Waals surface area contributed by atoms with Crippen LogP contribution in [0.3, 0.4) is 0 Å². The molecular formula is C31H27F7N6O3S. The Hall–Kier alpha value is -4.25. The quantitative estimate of drug-likeness (QED) is 0.190. The fraction of sp³-hybridized carbons (Fsp3) is 0.419. The molecule has 3 saturated heterocycles. The van der Waals surface area contributed by atoms with Crippen molar-refractivity contribution in [2.45, 2.75) is 49.4 Å². The number of benzene rings is 2. The summed E-state index contributed by atoms with van der Waals surface area (Å²) in [6.07, 6.45) is -6.88. The summed E-state index contributed by atoms with van der Waals surface area (Å²) >= 11 is 0.685. The molecular weight excluding hydrogens is 669 g/mol. The normalized spacial score (nSPS) is 24.5. The number of thiazole rings is 1. The molecule has 2 aromatic heterocycles. The lowest BCUT2D eigenvalue weighted by Crippen LogP contribution is -2.43. The summed E-state index contributed by atoms with van der Waals surface area (Å²) in [7, 11) is 0. The zero-order valence-corrected chi connectivity index (χ0v) is 25.8. The third-order valence-electron chi connectivity index (χ3n) is 9.14. The first-order valence-electron chi connectivity index (χ1n) is 15.0. The molecule has 17 heteroatoms. The zero-order chi connectivity index (χ0) is 34.1. The van der Waals surface area contributed by atoms with Gasteiger partial charge in [-0.2, -0.15) is 23.1 Å². The second kappa shape index (κ2) is 11.7. The van der Waals surface area contributed by atoms with Crippen LogP contribution in [0.4, 0.5) is 35.9 Å². The first kappa shape index (κ1) is 32.3. The Kier molecular flexibility index (Phi) is 7.89. The Labute approximate surface area is 272 Å². The van der Waals surface area contributed by atoms with Gasteiger partial charge in [0, 0.05) is 24.1 Å². The van der Waals surface area contributed by atoms with Crippen LogP contribution in [0.5, 0.6) is 11.9 Å². The second-order valence-electron chi connectivity index (χ2n) is 12.1. The molecule has 48 heavy (non-hydrogen) atoms. The Balaban J connectivity index is 1.39. The zero-order valence-electron chi connectivity index (χ0n) is 25.0. The topological polar surface area (TPSA) is 107 Å². The average molecular weight is 697 g/mol. The molecule has 3 aliphatic heterocycles. The van der Waals surface area contributed by atoms with Gasteiger partial charge < -0.3 is 20.1 Å². The number of anilines is 1. The Morgan fingerprint density at radius 3 is 2.69 bits per heavy atom. The van der Waals surface area contributed by atoms with Crippen LogP contribution in [0.2, 0.25) is 0 Å². The molecule has 4 atom stereocenters. The number of likely N-dealkylation sites (tertiary alicyclic amines) is 1. The number of aromatic nitrogens is 3. The van der Waals surface area contributed by atoms with Gasteiger partial charge in [-0.3, -0.25) is 9.69 Å². The number of fused-ring (bicyclic) bond motifs is 3. The summed E-state index contributed by atoms with van der Waals surface area (Å²) in [4.78, 5) is 27.4. The highest BCUT2D eigenvalue weighted by molar-refractivity contribution is 7.22. The molecule has 0 spiro atoms. The summed E-state index contributed by atoms with van der Waals surface area (Å²) in [5.74, 6) is -3.50. The number of nitrogen functional groups attached to an aromatic ring is 1. The fourth-order valence-electron chi connectivity index (χ4n) is 6.96. The molecule has 0 aliphatic carbocycles. The Morgan fingerprint density at radius 1 is 1.15 bits per heavy atom. The molecule has 9 nitrogen and oxygen atoms in total. The Bertz CT molecular complexity index is 1960. The molecule has 4 aromatic rings. The molecule has 0 saturated carbocycles. The molecule has 5 heterocycles.